The third-order valence-electron chi connectivity index (χ3n) is 3.12. The van der Waals surface area contributed by atoms with Gasteiger partial charge in [0, 0.05) is 0 Å². The van der Waals surface area contributed by atoms with Gasteiger partial charge in [0.1, 0.15) is 5.75 Å². The predicted molar refractivity (Wildman–Crippen MR) is 81.9 cm³/mol. The van der Waals surface area contributed by atoms with Crippen LogP contribution in [-0.4, -0.2) is 26.4 Å². The monoisotopic (exact) mass is 306 g/mol. The van der Waals surface area contributed by atoms with E-state index in [-0.39, 0.29) is 11.5 Å². The zero-order valence-electron chi connectivity index (χ0n) is 11.8. The van der Waals surface area contributed by atoms with Crippen LogP contribution in [0.25, 0.3) is 0 Å². The Morgan fingerprint density at radius 3 is 2.48 bits per heavy atom. The second-order valence-electron chi connectivity index (χ2n) is 4.83. The molecule has 0 aliphatic rings. The smallest absolute Gasteiger partial charge is 0.157 e. The molecular weight excluding hydrogens is 288 g/mol. The Morgan fingerprint density at radius 2 is 1.81 bits per heavy atom. The maximum atomic E-state index is 12.1. The first-order valence-electron chi connectivity index (χ1n) is 6.56. The minimum atomic E-state index is -3.39. The molecule has 2 aromatic carbocycles. The van der Waals surface area contributed by atoms with E-state index in [4.69, 9.17) is 4.74 Å². The predicted octanol–water partition coefficient (Wildman–Crippen LogP) is 2.34. The molecule has 0 aromatic heterocycles. The van der Waals surface area contributed by atoms with E-state index in [2.05, 4.69) is 0 Å². The highest BCUT2D eigenvalue weighted by molar-refractivity contribution is 7.90. The molecule has 0 bridgehead atoms. The highest BCUT2D eigenvalue weighted by Gasteiger charge is 2.19. The molecule has 4 nitrogen and oxygen atoms in total. The maximum absolute atomic E-state index is 12.1. The summed E-state index contributed by atoms with van der Waals surface area (Å²) in [4.78, 5) is 0. The van der Waals surface area contributed by atoms with Gasteiger partial charge < -0.3 is 9.84 Å². The second-order valence-corrected chi connectivity index (χ2v) is 6.94. The van der Waals surface area contributed by atoms with Crippen LogP contribution in [0.1, 0.15) is 17.2 Å². The van der Waals surface area contributed by atoms with E-state index in [1.165, 1.54) is 7.11 Å². The average Bonchev–Trinajstić information content (AvgIpc) is 2.47. The van der Waals surface area contributed by atoms with Gasteiger partial charge in [-0.3, -0.25) is 0 Å². The molecule has 0 spiro atoms. The molecule has 0 aliphatic carbocycles. The quantitative estimate of drug-likeness (QED) is 0.890. The number of hydrogen-bond donors (Lipinski definition) is 1. The van der Waals surface area contributed by atoms with Gasteiger partial charge in [0.25, 0.3) is 0 Å². The van der Waals surface area contributed by atoms with Gasteiger partial charge in [0.05, 0.1) is 24.7 Å². The van der Waals surface area contributed by atoms with Crippen molar-refractivity contribution in [3.05, 3.63) is 65.7 Å². The average molecular weight is 306 g/mol. The molecule has 0 heterocycles. The van der Waals surface area contributed by atoms with E-state index in [1.54, 1.807) is 48.5 Å². The highest BCUT2D eigenvalue weighted by atomic mass is 32.2. The van der Waals surface area contributed by atoms with Gasteiger partial charge in [-0.15, -0.1) is 0 Å². The van der Waals surface area contributed by atoms with Crippen molar-refractivity contribution < 1.29 is 18.3 Å². The van der Waals surface area contributed by atoms with Crippen molar-refractivity contribution in [1.82, 2.24) is 0 Å². The van der Waals surface area contributed by atoms with Gasteiger partial charge in [-0.2, -0.15) is 0 Å². The molecule has 1 unspecified atom stereocenters. The van der Waals surface area contributed by atoms with Crippen LogP contribution in [0.15, 0.2) is 54.6 Å². The summed E-state index contributed by atoms with van der Waals surface area (Å²) in [5.74, 6) is 0.205. The van der Waals surface area contributed by atoms with Crippen LogP contribution in [-0.2, 0) is 15.6 Å². The number of ether oxygens (including phenoxy) is 1. The van der Waals surface area contributed by atoms with Crippen LogP contribution >= 0.6 is 0 Å². The molecule has 1 N–H and O–H groups in total. The number of sulfone groups is 1. The fraction of sp³-hybridized carbons (Fsp3) is 0.250. The lowest BCUT2D eigenvalue weighted by Gasteiger charge is -2.12. The molecule has 0 aliphatic heterocycles. The summed E-state index contributed by atoms with van der Waals surface area (Å²) < 4.78 is 29.4. The SMILES string of the molecule is COc1cccc(C(O)CS(=O)(=O)Cc2ccccc2)c1. The number of methoxy groups -OCH3 is 1. The molecule has 0 amide bonds. The fourth-order valence-corrected chi connectivity index (χ4v) is 3.56. The topological polar surface area (TPSA) is 63.6 Å². The van der Waals surface area contributed by atoms with Crippen molar-refractivity contribution in [2.45, 2.75) is 11.9 Å². The lowest BCUT2D eigenvalue weighted by atomic mass is 10.1. The molecule has 0 fully saturated rings. The number of aliphatic hydroxyl groups excluding tert-OH is 1. The molecule has 1 atom stereocenters. The van der Waals surface area contributed by atoms with Crippen LogP contribution < -0.4 is 4.74 Å². The van der Waals surface area contributed by atoms with E-state index in [9.17, 15) is 13.5 Å². The Bertz CT molecular complexity index is 680. The van der Waals surface area contributed by atoms with Crippen molar-refractivity contribution in [1.29, 1.82) is 0 Å². The van der Waals surface area contributed by atoms with Gasteiger partial charge in [-0.1, -0.05) is 42.5 Å². The van der Waals surface area contributed by atoms with Crippen LogP contribution in [0.4, 0.5) is 0 Å². The lowest BCUT2D eigenvalue weighted by molar-refractivity contribution is 0.201. The van der Waals surface area contributed by atoms with E-state index in [0.29, 0.717) is 11.3 Å². The number of aliphatic hydroxyl groups is 1. The van der Waals surface area contributed by atoms with Crippen molar-refractivity contribution in [2.24, 2.45) is 0 Å². The lowest BCUT2D eigenvalue weighted by Crippen LogP contribution is -2.16. The largest absolute Gasteiger partial charge is 0.497 e. The Labute approximate surface area is 124 Å². The van der Waals surface area contributed by atoms with E-state index >= 15 is 0 Å². The summed E-state index contributed by atoms with van der Waals surface area (Å²) >= 11 is 0. The second kappa shape index (κ2) is 6.74. The van der Waals surface area contributed by atoms with Crippen molar-refractivity contribution in [3.8, 4) is 5.75 Å². The Kier molecular flexibility index (Phi) is 4.98. The first-order chi connectivity index (χ1) is 10.00. The minimum Gasteiger partial charge on any atom is -0.497 e. The Morgan fingerprint density at radius 1 is 1.10 bits per heavy atom. The zero-order chi connectivity index (χ0) is 15.3. The van der Waals surface area contributed by atoms with Gasteiger partial charge >= 0.3 is 0 Å². The molecule has 0 radical (unpaired) electrons. The maximum Gasteiger partial charge on any atom is 0.157 e. The fourth-order valence-electron chi connectivity index (χ4n) is 2.07. The molecule has 0 saturated carbocycles. The standard InChI is InChI=1S/C16H18O4S/c1-20-15-9-5-8-14(10-15)16(17)12-21(18,19)11-13-6-3-2-4-7-13/h2-10,16-17H,11-12H2,1H3. The number of rotatable bonds is 6. The van der Waals surface area contributed by atoms with Crippen molar-refractivity contribution in [2.75, 3.05) is 12.9 Å². The van der Waals surface area contributed by atoms with Crippen LogP contribution in [0, 0.1) is 0 Å². The van der Waals surface area contributed by atoms with E-state index in [0.717, 1.165) is 5.56 Å². The third kappa shape index (κ3) is 4.58. The minimum absolute atomic E-state index is 0.0745. The van der Waals surface area contributed by atoms with Gasteiger partial charge in [0.15, 0.2) is 9.84 Å². The van der Waals surface area contributed by atoms with E-state index < -0.39 is 15.9 Å². The van der Waals surface area contributed by atoms with Crippen LogP contribution in [0.5, 0.6) is 5.75 Å². The summed E-state index contributed by atoms with van der Waals surface area (Å²) in [6.45, 7) is 0. The summed E-state index contributed by atoms with van der Waals surface area (Å²) in [5.41, 5.74) is 1.25. The highest BCUT2D eigenvalue weighted by Crippen LogP contribution is 2.21. The van der Waals surface area contributed by atoms with Gasteiger partial charge in [-0.05, 0) is 23.3 Å². The Balaban J connectivity index is 2.08. The molecule has 5 heteroatoms. The zero-order valence-corrected chi connectivity index (χ0v) is 12.6. The molecule has 0 saturated heterocycles. The molecule has 2 rings (SSSR count). The molecule has 2 aromatic rings. The summed E-state index contributed by atoms with van der Waals surface area (Å²) in [7, 11) is -1.87. The molecule has 21 heavy (non-hydrogen) atoms. The van der Waals surface area contributed by atoms with Crippen LogP contribution in [0.2, 0.25) is 0 Å². The molecule has 112 valence electrons. The summed E-state index contributed by atoms with van der Waals surface area (Å²) in [6, 6.07) is 15.7. The van der Waals surface area contributed by atoms with Gasteiger partial charge in [0.2, 0.25) is 0 Å². The number of hydrogen-bond acceptors (Lipinski definition) is 4. The first kappa shape index (κ1) is 15.5. The summed E-state index contributed by atoms with van der Waals surface area (Å²) in [6.07, 6.45) is -1.06. The van der Waals surface area contributed by atoms with Crippen LogP contribution in [0.3, 0.4) is 0 Å². The van der Waals surface area contributed by atoms with Crippen molar-refractivity contribution in [3.63, 3.8) is 0 Å². The third-order valence-corrected chi connectivity index (χ3v) is 4.72. The van der Waals surface area contributed by atoms with Gasteiger partial charge in [-0.25, -0.2) is 8.42 Å². The normalized spacial score (nSPS) is 12.9. The number of benzene rings is 2. The summed E-state index contributed by atoms with van der Waals surface area (Å²) in [5, 5.41) is 10.1. The Hall–Kier alpha value is -1.85. The van der Waals surface area contributed by atoms with Crippen molar-refractivity contribution >= 4 is 9.84 Å². The van der Waals surface area contributed by atoms with E-state index in [1.807, 2.05) is 6.07 Å². The molecular formula is C16H18O4S. The first-order valence-corrected chi connectivity index (χ1v) is 8.39.